The van der Waals surface area contributed by atoms with Gasteiger partial charge in [0.05, 0.1) is 0 Å². The largest absolute Gasteiger partial charge is 0.368 e. The third-order valence-corrected chi connectivity index (χ3v) is 4.65. The minimum Gasteiger partial charge on any atom is -0.368 e. The highest BCUT2D eigenvalue weighted by molar-refractivity contribution is 8.00. The van der Waals surface area contributed by atoms with Gasteiger partial charge in [0, 0.05) is 29.5 Å². The quantitative estimate of drug-likeness (QED) is 0.883. The molecular weight excluding hydrogens is 246 g/mol. The summed E-state index contributed by atoms with van der Waals surface area (Å²) in [6.07, 6.45) is 0. The van der Waals surface area contributed by atoms with Crippen LogP contribution in [-0.4, -0.2) is 38.5 Å². The van der Waals surface area contributed by atoms with Gasteiger partial charge in [0.25, 0.3) is 0 Å². The van der Waals surface area contributed by atoms with E-state index in [0.717, 1.165) is 24.1 Å². The lowest BCUT2D eigenvalue weighted by Gasteiger charge is -2.37. The molecule has 0 radical (unpaired) electrons. The lowest BCUT2D eigenvalue weighted by Crippen LogP contribution is -2.45. The third-order valence-electron chi connectivity index (χ3n) is 3.32. The monoisotopic (exact) mass is 267 g/mol. The Morgan fingerprint density at radius 3 is 2.67 bits per heavy atom. The molecule has 1 aromatic heterocycles. The SMILES string of the molecule is CC(C)c1nc(N)nc(N2CCSC(C)C2C)n1. The highest BCUT2D eigenvalue weighted by Crippen LogP contribution is 2.27. The Bertz CT molecular complexity index is 423. The van der Waals surface area contributed by atoms with E-state index in [9.17, 15) is 0 Å². The van der Waals surface area contributed by atoms with Crippen molar-refractivity contribution in [3.8, 4) is 0 Å². The van der Waals surface area contributed by atoms with Crippen LogP contribution >= 0.6 is 11.8 Å². The van der Waals surface area contributed by atoms with Crippen LogP contribution in [0.4, 0.5) is 11.9 Å². The summed E-state index contributed by atoms with van der Waals surface area (Å²) >= 11 is 2.00. The van der Waals surface area contributed by atoms with Crippen molar-refractivity contribution in [2.45, 2.75) is 44.9 Å². The van der Waals surface area contributed by atoms with E-state index in [0.29, 0.717) is 17.2 Å². The molecule has 18 heavy (non-hydrogen) atoms. The Kier molecular flexibility index (Phi) is 3.94. The van der Waals surface area contributed by atoms with Crippen LogP contribution in [-0.2, 0) is 0 Å². The molecule has 1 aromatic rings. The van der Waals surface area contributed by atoms with Crippen molar-refractivity contribution in [3.05, 3.63) is 5.82 Å². The van der Waals surface area contributed by atoms with E-state index in [1.54, 1.807) is 0 Å². The number of hydrogen-bond acceptors (Lipinski definition) is 6. The molecule has 2 rings (SSSR count). The number of nitrogen functional groups attached to an aromatic ring is 1. The summed E-state index contributed by atoms with van der Waals surface area (Å²) in [6.45, 7) is 9.56. The zero-order valence-corrected chi connectivity index (χ0v) is 12.2. The first-order chi connectivity index (χ1) is 8.49. The molecule has 0 aliphatic carbocycles. The predicted octanol–water partition coefficient (Wildman–Crippen LogP) is 1.91. The fourth-order valence-electron chi connectivity index (χ4n) is 2.00. The maximum absolute atomic E-state index is 5.79. The first-order valence-electron chi connectivity index (χ1n) is 6.38. The maximum Gasteiger partial charge on any atom is 0.230 e. The van der Waals surface area contributed by atoms with Gasteiger partial charge in [-0.05, 0) is 6.92 Å². The molecule has 2 atom stereocenters. The molecule has 0 bridgehead atoms. The van der Waals surface area contributed by atoms with Gasteiger partial charge in [-0.1, -0.05) is 20.8 Å². The van der Waals surface area contributed by atoms with Crippen LogP contribution < -0.4 is 10.6 Å². The summed E-state index contributed by atoms with van der Waals surface area (Å²) in [5.74, 6) is 3.19. The Hall–Kier alpha value is -1.04. The van der Waals surface area contributed by atoms with Crippen molar-refractivity contribution >= 4 is 23.7 Å². The molecule has 0 saturated carbocycles. The van der Waals surface area contributed by atoms with Gasteiger partial charge in [0.1, 0.15) is 5.82 Å². The van der Waals surface area contributed by atoms with Gasteiger partial charge in [0.15, 0.2) is 0 Å². The summed E-state index contributed by atoms with van der Waals surface area (Å²) in [4.78, 5) is 15.3. The highest BCUT2D eigenvalue weighted by Gasteiger charge is 2.27. The predicted molar refractivity (Wildman–Crippen MR) is 77.1 cm³/mol. The van der Waals surface area contributed by atoms with Crippen molar-refractivity contribution in [2.75, 3.05) is 22.9 Å². The van der Waals surface area contributed by atoms with Crippen LogP contribution in [0.15, 0.2) is 0 Å². The van der Waals surface area contributed by atoms with Crippen LogP contribution in [0.3, 0.4) is 0 Å². The second kappa shape index (κ2) is 5.30. The van der Waals surface area contributed by atoms with Gasteiger partial charge in [0.2, 0.25) is 11.9 Å². The molecule has 2 unspecified atom stereocenters. The molecule has 1 saturated heterocycles. The van der Waals surface area contributed by atoms with Crippen molar-refractivity contribution < 1.29 is 0 Å². The number of aromatic nitrogens is 3. The zero-order valence-electron chi connectivity index (χ0n) is 11.4. The fourth-order valence-corrected chi connectivity index (χ4v) is 3.10. The van der Waals surface area contributed by atoms with E-state index in [-0.39, 0.29) is 5.92 Å². The molecular formula is C12H21N5S. The van der Waals surface area contributed by atoms with Crippen LogP contribution in [0.25, 0.3) is 0 Å². The first kappa shape index (κ1) is 13.4. The van der Waals surface area contributed by atoms with Crippen molar-refractivity contribution in [1.29, 1.82) is 0 Å². The molecule has 100 valence electrons. The molecule has 2 N–H and O–H groups in total. The standard InChI is InChI=1S/C12H21N5S/c1-7(2)10-14-11(13)16-12(15-10)17-5-6-18-9(4)8(17)3/h7-9H,5-6H2,1-4H3,(H2,13,14,15,16). The Morgan fingerprint density at radius 2 is 2.00 bits per heavy atom. The molecule has 5 nitrogen and oxygen atoms in total. The number of nitrogens with two attached hydrogens (primary N) is 1. The second-order valence-corrected chi connectivity index (χ2v) is 6.50. The van der Waals surface area contributed by atoms with E-state index < -0.39 is 0 Å². The van der Waals surface area contributed by atoms with E-state index in [4.69, 9.17) is 5.73 Å². The average molecular weight is 267 g/mol. The minimum absolute atomic E-state index is 0.265. The van der Waals surface area contributed by atoms with Gasteiger partial charge < -0.3 is 10.6 Å². The molecule has 0 aromatic carbocycles. The molecule has 1 aliphatic heterocycles. The van der Waals surface area contributed by atoms with E-state index in [2.05, 4.69) is 47.5 Å². The topological polar surface area (TPSA) is 67.9 Å². The second-order valence-electron chi connectivity index (χ2n) is 5.02. The normalized spacial score (nSPS) is 24.6. The summed E-state index contributed by atoms with van der Waals surface area (Å²) in [6, 6.07) is 0.422. The molecule has 1 fully saturated rings. The van der Waals surface area contributed by atoms with E-state index >= 15 is 0 Å². The van der Waals surface area contributed by atoms with Crippen LogP contribution in [0, 0.1) is 0 Å². The molecule has 6 heteroatoms. The Labute approximate surface area is 113 Å². The summed E-state index contributed by atoms with van der Waals surface area (Å²) < 4.78 is 0. The molecule has 0 amide bonds. The molecule has 2 heterocycles. The van der Waals surface area contributed by atoms with Gasteiger partial charge in [-0.15, -0.1) is 0 Å². The number of rotatable bonds is 2. The lowest BCUT2D eigenvalue weighted by atomic mass is 10.2. The summed E-state index contributed by atoms with van der Waals surface area (Å²) in [5.41, 5.74) is 5.79. The number of nitrogens with zero attached hydrogens (tertiary/aromatic N) is 4. The lowest BCUT2D eigenvalue weighted by molar-refractivity contribution is 0.605. The van der Waals surface area contributed by atoms with Gasteiger partial charge in [-0.25, -0.2) is 0 Å². The minimum atomic E-state index is 0.265. The smallest absolute Gasteiger partial charge is 0.230 e. The Morgan fingerprint density at radius 1 is 1.28 bits per heavy atom. The third kappa shape index (κ3) is 2.68. The zero-order chi connectivity index (χ0) is 13.3. The first-order valence-corrected chi connectivity index (χ1v) is 7.43. The van der Waals surface area contributed by atoms with Crippen LogP contribution in [0.1, 0.15) is 39.4 Å². The fraction of sp³-hybridized carbons (Fsp3) is 0.750. The van der Waals surface area contributed by atoms with Crippen molar-refractivity contribution in [2.24, 2.45) is 0 Å². The number of thioether (sulfide) groups is 1. The van der Waals surface area contributed by atoms with Gasteiger partial charge in [-0.3, -0.25) is 0 Å². The van der Waals surface area contributed by atoms with Crippen LogP contribution in [0.2, 0.25) is 0 Å². The van der Waals surface area contributed by atoms with Crippen molar-refractivity contribution in [3.63, 3.8) is 0 Å². The number of anilines is 2. The average Bonchev–Trinajstić information content (AvgIpc) is 2.31. The number of hydrogen-bond donors (Lipinski definition) is 1. The maximum atomic E-state index is 5.79. The summed E-state index contributed by atoms with van der Waals surface area (Å²) in [7, 11) is 0. The Balaban J connectivity index is 2.32. The van der Waals surface area contributed by atoms with E-state index in [1.165, 1.54) is 0 Å². The van der Waals surface area contributed by atoms with Crippen molar-refractivity contribution in [1.82, 2.24) is 15.0 Å². The molecule has 0 spiro atoms. The van der Waals surface area contributed by atoms with E-state index in [1.807, 2.05) is 11.8 Å². The molecule has 1 aliphatic rings. The van der Waals surface area contributed by atoms with Gasteiger partial charge >= 0.3 is 0 Å². The summed E-state index contributed by atoms with van der Waals surface area (Å²) in [5, 5.41) is 0.583. The highest BCUT2D eigenvalue weighted by atomic mass is 32.2. The van der Waals surface area contributed by atoms with Gasteiger partial charge in [-0.2, -0.15) is 26.7 Å². The van der Waals surface area contributed by atoms with Crippen LogP contribution in [0.5, 0.6) is 0 Å².